The summed E-state index contributed by atoms with van der Waals surface area (Å²) in [5, 5.41) is 12.7. The Labute approximate surface area is 148 Å². The Hall–Kier alpha value is -2.25. The van der Waals surface area contributed by atoms with Crippen LogP contribution in [0.1, 0.15) is 38.7 Å². The number of nitrogens with zero attached hydrogens (tertiary/aromatic N) is 1. The lowest BCUT2D eigenvalue weighted by Crippen LogP contribution is -2.55. The second-order valence-corrected chi connectivity index (χ2v) is 6.27. The molecule has 1 unspecified atom stereocenters. The van der Waals surface area contributed by atoms with E-state index in [0.717, 1.165) is 12.0 Å². The number of hydrogen-bond donors (Lipinski definition) is 3. The Balaban J connectivity index is 2.59. The molecule has 1 aromatic carbocycles. The molecule has 1 aromatic rings. The van der Waals surface area contributed by atoms with Crippen molar-refractivity contribution >= 4 is 18.1 Å². The number of benzene rings is 1. The maximum Gasteiger partial charge on any atom is 0.249 e. The number of nitrogens with one attached hydrogen (secondary N) is 2. The van der Waals surface area contributed by atoms with E-state index in [2.05, 4.69) is 5.32 Å². The molecule has 0 radical (unpaired) electrons. The maximum atomic E-state index is 12.4. The molecule has 0 heterocycles. The topological polar surface area (TPSA) is 98.7 Å². The highest BCUT2D eigenvalue weighted by Crippen LogP contribution is 2.08. The van der Waals surface area contributed by atoms with Crippen molar-refractivity contribution in [3.8, 4) is 0 Å². The molecule has 0 aliphatic heterocycles. The molecule has 0 spiro atoms. The van der Waals surface area contributed by atoms with Gasteiger partial charge in [0.25, 0.3) is 0 Å². The Morgan fingerprint density at radius 3 is 2.52 bits per heavy atom. The molecule has 0 saturated heterocycles. The summed E-state index contributed by atoms with van der Waals surface area (Å²) in [5.41, 5.74) is 3.04. The van der Waals surface area contributed by atoms with Crippen molar-refractivity contribution in [3.05, 3.63) is 35.9 Å². The first-order chi connectivity index (χ1) is 12.0. The summed E-state index contributed by atoms with van der Waals surface area (Å²) < 4.78 is 0. The van der Waals surface area contributed by atoms with E-state index >= 15 is 0 Å². The molecule has 1 atom stereocenters. The predicted molar refractivity (Wildman–Crippen MR) is 93.5 cm³/mol. The average Bonchev–Trinajstić information content (AvgIpc) is 2.56. The van der Waals surface area contributed by atoms with Gasteiger partial charge in [-0.3, -0.25) is 25.0 Å². The van der Waals surface area contributed by atoms with Gasteiger partial charge in [0.15, 0.2) is 11.8 Å². The molecular formula is C18H27N3O4. The summed E-state index contributed by atoms with van der Waals surface area (Å²) in [6.07, 6.45) is 2.34. The van der Waals surface area contributed by atoms with Gasteiger partial charge < -0.3 is 5.32 Å². The van der Waals surface area contributed by atoms with Gasteiger partial charge in [-0.15, -0.1) is 0 Å². The van der Waals surface area contributed by atoms with Crippen molar-refractivity contribution in [2.75, 3.05) is 6.54 Å². The highest BCUT2D eigenvalue weighted by atomic mass is 16.5. The zero-order chi connectivity index (χ0) is 18.7. The van der Waals surface area contributed by atoms with Crippen molar-refractivity contribution in [2.24, 2.45) is 5.92 Å². The van der Waals surface area contributed by atoms with Crippen LogP contribution >= 0.6 is 0 Å². The standard InChI is InChI=1S/C18H27N3O4/c1-14(2)11-12-19-18(24)17(21(25)20-13-22)16(23)10-6-9-15-7-4-3-5-8-15/h3-5,7-8,13-14,17,25H,6,9-12H2,1-2H3,(H,19,24)(H,20,22). The molecule has 0 saturated carbocycles. The fourth-order valence-corrected chi connectivity index (χ4v) is 2.35. The average molecular weight is 349 g/mol. The minimum atomic E-state index is -1.45. The number of aryl methyl sites for hydroxylation is 1. The van der Waals surface area contributed by atoms with Crippen LogP contribution in [0.15, 0.2) is 30.3 Å². The third-order valence-electron chi connectivity index (χ3n) is 3.74. The number of amides is 2. The molecule has 0 aromatic heterocycles. The van der Waals surface area contributed by atoms with E-state index in [1.807, 2.05) is 49.6 Å². The van der Waals surface area contributed by atoms with E-state index < -0.39 is 17.7 Å². The van der Waals surface area contributed by atoms with Gasteiger partial charge in [0, 0.05) is 13.0 Å². The molecule has 1 rings (SSSR count). The Kier molecular flexibility index (Phi) is 9.42. The minimum Gasteiger partial charge on any atom is -0.354 e. The minimum absolute atomic E-state index is 0.120. The third-order valence-corrected chi connectivity index (χ3v) is 3.74. The Morgan fingerprint density at radius 2 is 1.92 bits per heavy atom. The zero-order valence-corrected chi connectivity index (χ0v) is 14.8. The molecule has 0 bridgehead atoms. The lowest BCUT2D eigenvalue weighted by Gasteiger charge is -2.23. The van der Waals surface area contributed by atoms with E-state index in [1.165, 1.54) is 0 Å². The summed E-state index contributed by atoms with van der Waals surface area (Å²) in [7, 11) is 0. The van der Waals surface area contributed by atoms with Crippen molar-refractivity contribution in [2.45, 2.75) is 45.6 Å². The van der Waals surface area contributed by atoms with Gasteiger partial charge >= 0.3 is 0 Å². The van der Waals surface area contributed by atoms with Crippen LogP contribution in [0, 0.1) is 5.92 Å². The van der Waals surface area contributed by atoms with Crippen LogP contribution in [0.5, 0.6) is 0 Å². The monoisotopic (exact) mass is 349 g/mol. The number of ketones is 1. The van der Waals surface area contributed by atoms with Crippen LogP contribution in [-0.4, -0.2) is 41.1 Å². The Morgan fingerprint density at radius 1 is 1.24 bits per heavy atom. The van der Waals surface area contributed by atoms with Gasteiger partial charge in [-0.1, -0.05) is 49.4 Å². The summed E-state index contributed by atoms with van der Waals surface area (Å²) in [6, 6.07) is 8.24. The normalized spacial score (nSPS) is 12.0. The van der Waals surface area contributed by atoms with Crippen molar-refractivity contribution in [1.29, 1.82) is 0 Å². The predicted octanol–water partition coefficient (Wildman–Crippen LogP) is 1.46. The smallest absolute Gasteiger partial charge is 0.249 e. The zero-order valence-electron chi connectivity index (χ0n) is 14.8. The first-order valence-corrected chi connectivity index (χ1v) is 8.48. The van der Waals surface area contributed by atoms with E-state index in [4.69, 9.17) is 0 Å². The SMILES string of the molecule is CC(C)CCNC(=O)C(C(=O)CCCc1ccccc1)N(O)NC=O. The number of Topliss-reactive ketones (excluding diaryl/α,β-unsaturated/α-hetero) is 1. The van der Waals surface area contributed by atoms with Gasteiger partial charge in [-0.25, -0.2) is 0 Å². The molecule has 0 fully saturated rings. The molecule has 2 amide bonds. The first-order valence-electron chi connectivity index (χ1n) is 8.48. The van der Waals surface area contributed by atoms with Crippen molar-refractivity contribution in [3.63, 3.8) is 0 Å². The molecule has 0 aliphatic rings. The second kappa shape index (κ2) is 11.3. The number of hydrogen-bond acceptors (Lipinski definition) is 5. The van der Waals surface area contributed by atoms with Gasteiger partial charge in [-0.2, -0.15) is 0 Å². The molecule has 138 valence electrons. The van der Waals surface area contributed by atoms with Crippen LogP contribution in [0.4, 0.5) is 0 Å². The molecule has 25 heavy (non-hydrogen) atoms. The van der Waals surface area contributed by atoms with E-state index in [9.17, 15) is 19.6 Å². The molecule has 0 aliphatic carbocycles. The van der Waals surface area contributed by atoms with Crippen molar-refractivity contribution in [1.82, 2.24) is 15.9 Å². The summed E-state index contributed by atoms with van der Waals surface area (Å²) in [6.45, 7) is 4.44. The Bertz CT molecular complexity index is 549. The van der Waals surface area contributed by atoms with Crippen LogP contribution in [0.25, 0.3) is 0 Å². The number of hydrazine groups is 1. The highest BCUT2D eigenvalue weighted by Gasteiger charge is 2.31. The van der Waals surface area contributed by atoms with Crippen molar-refractivity contribution < 1.29 is 19.6 Å². The van der Waals surface area contributed by atoms with Gasteiger partial charge in [0.05, 0.1) is 0 Å². The highest BCUT2D eigenvalue weighted by molar-refractivity contribution is 6.05. The third kappa shape index (κ3) is 7.91. The first kappa shape index (κ1) is 20.8. The molecule has 3 N–H and O–H groups in total. The fourth-order valence-electron chi connectivity index (χ4n) is 2.35. The number of rotatable bonds is 12. The number of carbonyl (C=O) groups excluding carboxylic acids is 3. The largest absolute Gasteiger partial charge is 0.354 e. The van der Waals surface area contributed by atoms with Crippen LogP contribution < -0.4 is 10.7 Å². The van der Waals surface area contributed by atoms with E-state index in [0.29, 0.717) is 25.3 Å². The molecular weight excluding hydrogens is 322 g/mol. The lowest BCUT2D eigenvalue weighted by molar-refractivity contribution is -0.183. The van der Waals surface area contributed by atoms with Gasteiger partial charge in [0.2, 0.25) is 12.3 Å². The maximum absolute atomic E-state index is 12.4. The van der Waals surface area contributed by atoms with Crippen LogP contribution in [0.3, 0.4) is 0 Å². The summed E-state index contributed by atoms with van der Waals surface area (Å²) in [4.78, 5) is 35.1. The molecule has 7 heteroatoms. The van der Waals surface area contributed by atoms with Gasteiger partial charge in [-0.05, 0) is 30.7 Å². The summed E-state index contributed by atoms with van der Waals surface area (Å²) >= 11 is 0. The molecule has 7 nitrogen and oxygen atoms in total. The quantitative estimate of drug-likeness (QED) is 0.301. The number of carbonyl (C=O) groups is 3. The lowest BCUT2D eigenvalue weighted by atomic mass is 10.0. The second-order valence-electron chi connectivity index (χ2n) is 6.27. The van der Waals surface area contributed by atoms with Crippen LogP contribution in [-0.2, 0) is 20.8 Å². The van der Waals surface area contributed by atoms with E-state index in [1.54, 1.807) is 0 Å². The van der Waals surface area contributed by atoms with Crippen LogP contribution in [0.2, 0.25) is 0 Å². The number of hydroxylamine groups is 1. The van der Waals surface area contributed by atoms with E-state index in [-0.39, 0.29) is 18.0 Å². The summed E-state index contributed by atoms with van der Waals surface area (Å²) in [5.74, 6) is -0.671. The van der Waals surface area contributed by atoms with Gasteiger partial charge in [0.1, 0.15) is 0 Å². The fraction of sp³-hybridized carbons (Fsp3) is 0.500.